The summed E-state index contributed by atoms with van der Waals surface area (Å²) in [5.74, 6) is 2.14. The second kappa shape index (κ2) is 5.77. The summed E-state index contributed by atoms with van der Waals surface area (Å²) < 4.78 is 0. The molecule has 0 amide bonds. The number of hydrogen-bond donors (Lipinski definition) is 1. The van der Waals surface area contributed by atoms with E-state index < -0.39 is 0 Å². The zero-order chi connectivity index (χ0) is 14.1. The fourth-order valence-corrected chi connectivity index (χ4v) is 4.04. The van der Waals surface area contributed by atoms with Gasteiger partial charge in [-0.1, -0.05) is 19.9 Å². The molecule has 20 heavy (non-hydrogen) atoms. The highest BCUT2D eigenvalue weighted by Crippen LogP contribution is 2.38. The molecule has 0 saturated carbocycles. The van der Waals surface area contributed by atoms with Crippen LogP contribution in [0.1, 0.15) is 56.7 Å². The van der Waals surface area contributed by atoms with Crippen LogP contribution in [0.5, 0.6) is 5.75 Å². The van der Waals surface area contributed by atoms with Crippen LogP contribution in [0.4, 0.5) is 0 Å². The normalized spacial score (nSPS) is 24.9. The van der Waals surface area contributed by atoms with Crippen molar-refractivity contribution in [1.29, 1.82) is 0 Å². The molecular weight excluding hydrogens is 246 g/mol. The minimum Gasteiger partial charge on any atom is -0.508 e. The number of hydrogen-bond acceptors (Lipinski definition) is 2. The van der Waals surface area contributed by atoms with Gasteiger partial charge in [-0.25, -0.2) is 0 Å². The zero-order valence-electron chi connectivity index (χ0n) is 12.8. The Balaban J connectivity index is 1.75. The first-order valence-electron chi connectivity index (χ1n) is 8.21. The van der Waals surface area contributed by atoms with E-state index in [4.69, 9.17) is 0 Å². The molecule has 0 radical (unpaired) electrons. The summed E-state index contributed by atoms with van der Waals surface area (Å²) in [6.07, 6.45) is 6.38. The number of piperidine rings is 1. The number of benzene rings is 1. The van der Waals surface area contributed by atoms with Gasteiger partial charge in [-0.3, -0.25) is 4.90 Å². The summed E-state index contributed by atoms with van der Waals surface area (Å²) in [6, 6.07) is 6.51. The smallest absolute Gasteiger partial charge is 0.115 e. The van der Waals surface area contributed by atoms with Crippen LogP contribution in [0.3, 0.4) is 0 Å². The molecule has 1 saturated heterocycles. The monoisotopic (exact) mass is 273 g/mol. The molecule has 0 aromatic heterocycles. The van der Waals surface area contributed by atoms with Crippen molar-refractivity contribution in [2.24, 2.45) is 11.8 Å². The van der Waals surface area contributed by atoms with E-state index in [9.17, 15) is 5.11 Å². The SMILES string of the molecule is CC(C)C1CCN(C2CCCc3ccc(O)cc32)CC1. The van der Waals surface area contributed by atoms with Crippen molar-refractivity contribution in [3.05, 3.63) is 29.3 Å². The molecule has 2 aliphatic rings. The highest BCUT2D eigenvalue weighted by Gasteiger charge is 2.30. The van der Waals surface area contributed by atoms with Gasteiger partial charge in [0.2, 0.25) is 0 Å². The standard InChI is InChI=1S/C18H27NO/c1-13(2)14-8-10-19(11-9-14)18-5-3-4-15-6-7-16(20)12-17(15)18/h6-7,12-14,18,20H,3-5,8-11H2,1-2H3. The van der Waals surface area contributed by atoms with Gasteiger partial charge >= 0.3 is 0 Å². The van der Waals surface area contributed by atoms with Gasteiger partial charge in [0.15, 0.2) is 0 Å². The Morgan fingerprint density at radius 3 is 2.60 bits per heavy atom. The predicted octanol–water partition coefficient (Wildman–Crippen LogP) is 4.14. The van der Waals surface area contributed by atoms with Gasteiger partial charge in [0.25, 0.3) is 0 Å². The maximum atomic E-state index is 9.80. The Morgan fingerprint density at radius 2 is 1.90 bits per heavy atom. The van der Waals surface area contributed by atoms with Crippen molar-refractivity contribution >= 4 is 0 Å². The Bertz CT molecular complexity index is 460. The summed E-state index contributed by atoms with van der Waals surface area (Å²) in [5, 5.41) is 9.80. The molecule has 1 aliphatic heterocycles. The van der Waals surface area contributed by atoms with E-state index in [1.165, 1.54) is 56.3 Å². The lowest BCUT2D eigenvalue weighted by atomic mass is 9.82. The van der Waals surface area contributed by atoms with Crippen LogP contribution in [-0.2, 0) is 6.42 Å². The second-order valence-electron chi connectivity index (χ2n) is 6.91. The number of aromatic hydroxyl groups is 1. The van der Waals surface area contributed by atoms with Gasteiger partial charge in [0.1, 0.15) is 5.75 Å². The number of phenols is 1. The average Bonchev–Trinajstić information content (AvgIpc) is 2.46. The fraction of sp³-hybridized carbons (Fsp3) is 0.667. The van der Waals surface area contributed by atoms with Crippen LogP contribution in [0, 0.1) is 11.8 Å². The Labute approximate surface area is 122 Å². The van der Waals surface area contributed by atoms with Gasteiger partial charge in [-0.15, -0.1) is 0 Å². The third-order valence-corrected chi connectivity index (χ3v) is 5.37. The van der Waals surface area contributed by atoms with E-state index >= 15 is 0 Å². The molecule has 1 aliphatic carbocycles. The molecule has 1 N–H and O–H groups in total. The zero-order valence-corrected chi connectivity index (χ0v) is 12.8. The largest absolute Gasteiger partial charge is 0.508 e. The van der Waals surface area contributed by atoms with E-state index in [0.29, 0.717) is 11.8 Å². The Hall–Kier alpha value is -1.02. The van der Waals surface area contributed by atoms with Gasteiger partial charge < -0.3 is 5.11 Å². The Morgan fingerprint density at radius 1 is 1.15 bits per heavy atom. The third-order valence-electron chi connectivity index (χ3n) is 5.37. The topological polar surface area (TPSA) is 23.5 Å². The molecular formula is C18H27NO. The van der Waals surface area contributed by atoms with Crippen molar-refractivity contribution in [3.8, 4) is 5.75 Å². The molecule has 0 spiro atoms. The maximum Gasteiger partial charge on any atom is 0.115 e. The number of likely N-dealkylation sites (tertiary alicyclic amines) is 1. The van der Waals surface area contributed by atoms with Crippen LogP contribution in [0.25, 0.3) is 0 Å². The average molecular weight is 273 g/mol. The van der Waals surface area contributed by atoms with E-state index in [2.05, 4.69) is 24.8 Å². The number of rotatable bonds is 2. The fourth-order valence-electron chi connectivity index (χ4n) is 4.04. The number of aryl methyl sites for hydroxylation is 1. The van der Waals surface area contributed by atoms with Crippen molar-refractivity contribution in [2.45, 2.75) is 52.0 Å². The molecule has 1 heterocycles. The molecule has 1 unspecified atom stereocenters. The molecule has 110 valence electrons. The lowest BCUT2D eigenvalue weighted by molar-refractivity contribution is 0.105. The summed E-state index contributed by atoms with van der Waals surface area (Å²) in [5.41, 5.74) is 2.84. The van der Waals surface area contributed by atoms with Crippen LogP contribution < -0.4 is 0 Å². The lowest BCUT2D eigenvalue weighted by Gasteiger charge is -2.41. The van der Waals surface area contributed by atoms with Gasteiger partial charge in [-0.2, -0.15) is 0 Å². The van der Waals surface area contributed by atoms with E-state index in [1.807, 2.05) is 12.1 Å². The minimum absolute atomic E-state index is 0.424. The van der Waals surface area contributed by atoms with Crippen molar-refractivity contribution in [1.82, 2.24) is 4.90 Å². The third kappa shape index (κ3) is 2.71. The first kappa shape index (κ1) is 13.9. The number of nitrogens with zero attached hydrogens (tertiary/aromatic N) is 1. The van der Waals surface area contributed by atoms with Gasteiger partial charge in [0.05, 0.1) is 0 Å². The molecule has 1 atom stereocenters. The molecule has 1 aromatic rings. The number of fused-ring (bicyclic) bond motifs is 1. The van der Waals surface area contributed by atoms with Crippen LogP contribution in [0.15, 0.2) is 18.2 Å². The van der Waals surface area contributed by atoms with Gasteiger partial charge in [-0.05, 0) is 80.3 Å². The van der Waals surface area contributed by atoms with Crippen molar-refractivity contribution in [3.63, 3.8) is 0 Å². The molecule has 2 heteroatoms. The summed E-state index contributed by atoms with van der Waals surface area (Å²) >= 11 is 0. The Kier molecular flexibility index (Phi) is 4.02. The van der Waals surface area contributed by atoms with Crippen LogP contribution >= 0.6 is 0 Å². The first-order valence-corrected chi connectivity index (χ1v) is 8.21. The molecule has 2 nitrogen and oxygen atoms in total. The summed E-state index contributed by atoms with van der Waals surface area (Å²) in [4.78, 5) is 2.66. The number of phenolic OH excluding ortho intramolecular Hbond substituents is 1. The highest BCUT2D eigenvalue weighted by atomic mass is 16.3. The van der Waals surface area contributed by atoms with E-state index in [-0.39, 0.29) is 0 Å². The summed E-state index contributed by atoms with van der Waals surface area (Å²) in [7, 11) is 0. The highest BCUT2D eigenvalue weighted by molar-refractivity contribution is 5.38. The molecule has 0 bridgehead atoms. The quantitative estimate of drug-likeness (QED) is 0.875. The maximum absolute atomic E-state index is 9.80. The lowest BCUT2D eigenvalue weighted by Crippen LogP contribution is -2.39. The first-order chi connectivity index (χ1) is 9.65. The van der Waals surface area contributed by atoms with Crippen LogP contribution in [-0.4, -0.2) is 23.1 Å². The minimum atomic E-state index is 0.424. The molecule has 1 fully saturated rings. The van der Waals surface area contributed by atoms with Crippen molar-refractivity contribution < 1.29 is 5.11 Å². The summed E-state index contributed by atoms with van der Waals surface area (Å²) in [6.45, 7) is 7.16. The van der Waals surface area contributed by atoms with Crippen molar-refractivity contribution in [2.75, 3.05) is 13.1 Å². The van der Waals surface area contributed by atoms with E-state index in [0.717, 1.165) is 11.8 Å². The van der Waals surface area contributed by atoms with Gasteiger partial charge in [0, 0.05) is 6.04 Å². The molecule has 3 rings (SSSR count). The van der Waals surface area contributed by atoms with E-state index in [1.54, 1.807) is 0 Å². The molecule has 1 aromatic carbocycles. The second-order valence-corrected chi connectivity index (χ2v) is 6.91. The van der Waals surface area contributed by atoms with Crippen LogP contribution in [0.2, 0.25) is 0 Å². The predicted molar refractivity (Wildman–Crippen MR) is 82.9 cm³/mol.